The minimum atomic E-state index is -1.20. The molecule has 0 spiro atoms. The first-order valence-electron chi connectivity index (χ1n) is 4.57. The molecule has 1 aliphatic heterocycles. The standard InChI is InChI=1S/C9H19FN2/c1-7(11)9(2,10)8-4-5-12(3)6-8/h7-8H,4-6,11H2,1-3H3. The molecule has 3 atom stereocenters. The molecular formula is C9H19FN2. The van der Waals surface area contributed by atoms with Gasteiger partial charge >= 0.3 is 0 Å². The zero-order valence-electron chi connectivity index (χ0n) is 8.18. The first-order valence-corrected chi connectivity index (χ1v) is 4.57. The summed E-state index contributed by atoms with van der Waals surface area (Å²) < 4.78 is 13.9. The van der Waals surface area contributed by atoms with Crippen LogP contribution in [0.25, 0.3) is 0 Å². The molecule has 0 aromatic heterocycles. The highest BCUT2D eigenvalue weighted by Crippen LogP contribution is 2.31. The fraction of sp³-hybridized carbons (Fsp3) is 1.00. The molecule has 0 saturated carbocycles. The van der Waals surface area contributed by atoms with Crippen molar-refractivity contribution in [1.82, 2.24) is 4.90 Å². The van der Waals surface area contributed by atoms with Gasteiger partial charge in [-0.2, -0.15) is 0 Å². The summed E-state index contributed by atoms with van der Waals surface area (Å²) in [5.74, 6) is 0.113. The van der Waals surface area contributed by atoms with Crippen LogP contribution in [0.4, 0.5) is 4.39 Å². The Morgan fingerprint density at radius 1 is 1.67 bits per heavy atom. The topological polar surface area (TPSA) is 29.3 Å². The lowest BCUT2D eigenvalue weighted by Gasteiger charge is -2.30. The number of alkyl halides is 1. The van der Waals surface area contributed by atoms with Crippen LogP contribution in [0, 0.1) is 5.92 Å². The summed E-state index contributed by atoms with van der Waals surface area (Å²) in [6, 6.07) is -0.367. The van der Waals surface area contributed by atoms with E-state index in [4.69, 9.17) is 5.73 Å². The Balaban J connectivity index is 2.57. The summed E-state index contributed by atoms with van der Waals surface area (Å²) in [4.78, 5) is 2.16. The Morgan fingerprint density at radius 3 is 2.58 bits per heavy atom. The Bertz CT molecular complexity index is 157. The number of likely N-dealkylation sites (tertiary alicyclic amines) is 1. The maximum absolute atomic E-state index is 13.9. The minimum Gasteiger partial charge on any atom is -0.325 e. The van der Waals surface area contributed by atoms with E-state index in [2.05, 4.69) is 4.90 Å². The predicted octanol–water partition coefficient (Wildman–Crippen LogP) is 1.01. The van der Waals surface area contributed by atoms with Crippen LogP contribution in [-0.4, -0.2) is 36.7 Å². The molecule has 0 aliphatic carbocycles. The lowest BCUT2D eigenvalue weighted by atomic mass is 9.85. The highest BCUT2D eigenvalue weighted by atomic mass is 19.1. The van der Waals surface area contributed by atoms with Gasteiger partial charge in [-0.05, 0) is 33.9 Å². The highest BCUT2D eigenvalue weighted by molar-refractivity contribution is 4.93. The molecule has 12 heavy (non-hydrogen) atoms. The number of hydrogen-bond donors (Lipinski definition) is 1. The molecule has 0 aromatic carbocycles. The molecule has 0 bridgehead atoms. The van der Waals surface area contributed by atoms with E-state index >= 15 is 0 Å². The summed E-state index contributed by atoms with van der Waals surface area (Å²) in [5.41, 5.74) is 4.40. The van der Waals surface area contributed by atoms with Crippen LogP contribution in [0.3, 0.4) is 0 Å². The monoisotopic (exact) mass is 174 g/mol. The molecule has 1 saturated heterocycles. The van der Waals surface area contributed by atoms with Crippen LogP contribution in [0.15, 0.2) is 0 Å². The second-order valence-corrected chi connectivity index (χ2v) is 4.19. The smallest absolute Gasteiger partial charge is 0.127 e. The van der Waals surface area contributed by atoms with Gasteiger partial charge in [0.05, 0.1) is 0 Å². The Hall–Kier alpha value is -0.150. The largest absolute Gasteiger partial charge is 0.325 e. The summed E-state index contributed by atoms with van der Waals surface area (Å²) in [6.07, 6.45) is 0.936. The second kappa shape index (κ2) is 3.30. The van der Waals surface area contributed by atoms with E-state index in [1.807, 2.05) is 7.05 Å². The van der Waals surface area contributed by atoms with Crippen molar-refractivity contribution in [3.05, 3.63) is 0 Å². The van der Waals surface area contributed by atoms with Crippen molar-refractivity contribution in [3.8, 4) is 0 Å². The number of rotatable bonds is 2. The molecule has 0 amide bonds. The van der Waals surface area contributed by atoms with Gasteiger partial charge < -0.3 is 10.6 Å². The first-order chi connectivity index (χ1) is 5.44. The van der Waals surface area contributed by atoms with E-state index in [0.29, 0.717) is 0 Å². The van der Waals surface area contributed by atoms with Gasteiger partial charge in [-0.15, -0.1) is 0 Å². The van der Waals surface area contributed by atoms with Gasteiger partial charge in [-0.3, -0.25) is 0 Å². The molecule has 0 radical (unpaired) electrons. The quantitative estimate of drug-likeness (QED) is 0.677. The van der Waals surface area contributed by atoms with Crippen molar-refractivity contribution in [1.29, 1.82) is 0 Å². The Kier molecular flexibility index (Phi) is 2.74. The van der Waals surface area contributed by atoms with Gasteiger partial charge in [0.1, 0.15) is 5.67 Å². The van der Waals surface area contributed by atoms with Crippen LogP contribution in [0.2, 0.25) is 0 Å². The molecule has 3 unspecified atom stereocenters. The summed E-state index contributed by atoms with van der Waals surface area (Å²) in [7, 11) is 2.03. The lowest BCUT2D eigenvalue weighted by Crippen LogP contribution is -2.46. The minimum absolute atomic E-state index is 0.113. The van der Waals surface area contributed by atoms with Crippen LogP contribution in [0.1, 0.15) is 20.3 Å². The lowest BCUT2D eigenvalue weighted by molar-refractivity contribution is 0.0820. The SMILES string of the molecule is CC(N)C(C)(F)C1CCN(C)C1. The zero-order valence-corrected chi connectivity index (χ0v) is 8.18. The van der Waals surface area contributed by atoms with Gasteiger partial charge in [0.25, 0.3) is 0 Å². The fourth-order valence-electron chi connectivity index (χ4n) is 1.77. The zero-order chi connectivity index (χ0) is 9.35. The Morgan fingerprint density at radius 2 is 2.25 bits per heavy atom. The molecule has 0 aromatic rings. The number of nitrogens with zero attached hydrogens (tertiary/aromatic N) is 1. The van der Waals surface area contributed by atoms with E-state index in [1.54, 1.807) is 13.8 Å². The van der Waals surface area contributed by atoms with Crippen LogP contribution >= 0.6 is 0 Å². The van der Waals surface area contributed by atoms with Gasteiger partial charge in [0, 0.05) is 18.5 Å². The van der Waals surface area contributed by atoms with Gasteiger partial charge in [-0.25, -0.2) is 4.39 Å². The van der Waals surface area contributed by atoms with E-state index < -0.39 is 5.67 Å². The number of nitrogens with two attached hydrogens (primary N) is 1. The third-order valence-corrected chi connectivity index (χ3v) is 3.08. The highest BCUT2D eigenvalue weighted by Gasteiger charge is 2.40. The number of halogens is 1. The van der Waals surface area contributed by atoms with Gasteiger partial charge in [-0.1, -0.05) is 0 Å². The molecule has 1 rings (SSSR count). The average Bonchev–Trinajstić information content (AvgIpc) is 2.35. The van der Waals surface area contributed by atoms with Gasteiger partial charge in [0.2, 0.25) is 0 Å². The molecule has 2 nitrogen and oxygen atoms in total. The molecule has 3 heteroatoms. The summed E-state index contributed by atoms with van der Waals surface area (Å²) in [5, 5.41) is 0. The third-order valence-electron chi connectivity index (χ3n) is 3.08. The number of hydrogen-bond acceptors (Lipinski definition) is 2. The maximum atomic E-state index is 13.9. The van der Waals surface area contributed by atoms with Crippen molar-refractivity contribution >= 4 is 0 Å². The van der Waals surface area contributed by atoms with Gasteiger partial charge in [0.15, 0.2) is 0 Å². The Labute approximate surface area is 73.9 Å². The maximum Gasteiger partial charge on any atom is 0.127 e. The van der Waals surface area contributed by atoms with Crippen LogP contribution in [-0.2, 0) is 0 Å². The van der Waals surface area contributed by atoms with E-state index in [9.17, 15) is 4.39 Å². The van der Waals surface area contributed by atoms with E-state index in [1.165, 1.54) is 0 Å². The van der Waals surface area contributed by atoms with Crippen molar-refractivity contribution in [2.24, 2.45) is 11.7 Å². The molecule has 1 fully saturated rings. The summed E-state index contributed by atoms with van der Waals surface area (Å²) in [6.45, 7) is 5.21. The van der Waals surface area contributed by atoms with Crippen molar-refractivity contribution < 1.29 is 4.39 Å². The van der Waals surface area contributed by atoms with Crippen molar-refractivity contribution in [2.45, 2.75) is 32.0 Å². The molecule has 1 heterocycles. The van der Waals surface area contributed by atoms with E-state index in [0.717, 1.165) is 19.5 Å². The van der Waals surface area contributed by atoms with Crippen molar-refractivity contribution in [3.63, 3.8) is 0 Å². The van der Waals surface area contributed by atoms with E-state index in [-0.39, 0.29) is 12.0 Å². The second-order valence-electron chi connectivity index (χ2n) is 4.19. The first kappa shape index (κ1) is 9.93. The predicted molar refractivity (Wildman–Crippen MR) is 48.8 cm³/mol. The van der Waals surface area contributed by atoms with Crippen LogP contribution in [0.5, 0.6) is 0 Å². The average molecular weight is 174 g/mol. The molecule has 1 aliphatic rings. The summed E-state index contributed by atoms with van der Waals surface area (Å²) >= 11 is 0. The normalized spacial score (nSPS) is 33.2. The third kappa shape index (κ3) is 1.77. The molecule has 2 N–H and O–H groups in total. The molecule has 72 valence electrons. The fourth-order valence-corrected chi connectivity index (χ4v) is 1.77. The van der Waals surface area contributed by atoms with Crippen molar-refractivity contribution in [2.75, 3.05) is 20.1 Å². The molecular weight excluding hydrogens is 155 g/mol. The van der Waals surface area contributed by atoms with Crippen LogP contribution < -0.4 is 5.73 Å².